The molecule has 0 saturated heterocycles. The Morgan fingerprint density at radius 3 is 2.18 bits per heavy atom. The first-order valence-corrected chi connectivity index (χ1v) is 6.62. The van der Waals surface area contributed by atoms with Crippen LogP contribution in [0.2, 0.25) is 0 Å². The molecule has 0 unspecified atom stereocenters. The molecule has 0 saturated carbocycles. The maximum Gasteiger partial charge on any atom is 0.0393 e. The smallest absolute Gasteiger partial charge is 0.0393 e. The summed E-state index contributed by atoms with van der Waals surface area (Å²) in [5.41, 5.74) is 3.47. The van der Waals surface area contributed by atoms with Gasteiger partial charge in [0.25, 0.3) is 0 Å². The van der Waals surface area contributed by atoms with Gasteiger partial charge in [0.2, 0.25) is 0 Å². The van der Waals surface area contributed by atoms with Crippen molar-refractivity contribution in [2.45, 2.75) is 65.6 Å². The largest absolute Gasteiger partial charge is 0.349 e. The first-order chi connectivity index (χ1) is 7.68. The van der Waals surface area contributed by atoms with Crippen LogP contribution in [0.15, 0.2) is 12.3 Å². The molecule has 1 aromatic rings. The first kappa shape index (κ1) is 12.7. The van der Waals surface area contributed by atoms with Crippen LogP contribution in [0.4, 0.5) is 0 Å². The summed E-state index contributed by atoms with van der Waals surface area (Å²) in [6, 6.07) is 2.39. The third-order valence-corrected chi connectivity index (χ3v) is 3.76. The molecule has 0 aliphatic carbocycles. The van der Waals surface area contributed by atoms with Gasteiger partial charge in [-0.05, 0) is 37.8 Å². The molecule has 0 atom stereocenters. The fourth-order valence-corrected chi connectivity index (χ4v) is 2.38. The summed E-state index contributed by atoms with van der Waals surface area (Å²) in [4.78, 5) is 2.56. The Balaban J connectivity index is 2.25. The minimum Gasteiger partial charge on any atom is -0.349 e. The summed E-state index contributed by atoms with van der Waals surface area (Å²) in [5, 5.41) is 0. The van der Waals surface area contributed by atoms with Crippen LogP contribution in [0.5, 0.6) is 0 Å². The Kier molecular flexibility index (Phi) is 2.89. The highest BCUT2D eigenvalue weighted by Crippen LogP contribution is 2.28. The van der Waals surface area contributed by atoms with Gasteiger partial charge in [0, 0.05) is 37.1 Å². The van der Waals surface area contributed by atoms with Gasteiger partial charge in [-0.1, -0.05) is 20.8 Å². The monoisotopic (exact) mass is 234 g/mol. The molecule has 0 amide bonds. The molecule has 0 bridgehead atoms. The highest BCUT2D eigenvalue weighted by Gasteiger charge is 2.27. The van der Waals surface area contributed by atoms with Crippen LogP contribution >= 0.6 is 0 Å². The summed E-state index contributed by atoms with van der Waals surface area (Å²) in [7, 11) is 0. The van der Waals surface area contributed by atoms with E-state index in [0.29, 0.717) is 0 Å². The molecule has 2 nitrogen and oxygen atoms in total. The topological polar surface area (TPSA) is 8.17 Å². The van der Waals surface area contributed by atoms with E-state index in [9.17, 15) is 0 Å². The SMILES string of the molecule is CC(C)(C)c1cc2n(c1)CCN(C(C)(C)C)C2. The van der Waals surface area contributed by atoms with Crippen molar-refractivity contribution in [2.75, 3.05) is 6.54 Å². The third kappa shape index (κ3) is 2.57. The first-order valence-electron chi connectivity index (χ1n) is 6.62. The van der Waals surface area contributed by atoms with Gasteiger partial charge in [0.15, 0.2) is 0 Å². The van der Waals surface area contributed by atoms with E-state index in [1.54, 1.807) is 0 Å². The Morgan fingerprint density at radius 2 is 1.65 bits per heavy atom. The molecule has 0 N–H and O–H groups in total. The van der Waals surface area contributed by atoms with E-state index >= 15 is 0 Å². The second-order valence-electron chi connectivity index (χ2n) is 7.26. The van der Waals surface area contributed by atoms with Crippen molar-refractivity contribution in [1.82, 2.24) is 9.47 Å². The maximum atomic E-state index is 2.56. The third-order valence-electron chi connectivity index (χ3n) is 3.76. The fraction of sp³-hybridized carbons (Fsp3) is 0.733. The lowest BCUT2D eigenvalue weighted by molar-refractivity contribution is 0.103. The van der Waals surface area contributed by atoms with Gasteiger partial charge in [-0.15, -0.1) is 0 Å². The number of aromatic nitrogens is 1. The van der Waals surface area contributed by atoms with Gasteiger partial charge >= 0.3 is 0 Å². The number of nitrogens with zero attached hydrogens (tertiary/aromatic N) is 2. The van der Waals surface area contributed by atoms with Crippen molar-refractivity contribution in [3.05, 3.63) is 23.5 Å². The van der Waals surface area contributed by atoms with E-state index < -0.39 is 0 Å². The lowest BCUT2D eigenvalue weighted by atomic mass is 9.89. The zero-order chi connectivity index (χ0) is 12.8. The molecule has 17 heavy (non-hydrogen) atoms. The van der Waals surface area contributed by atoms with E-state index in [2.05, 4.69) is 63.3 Å². The summed E-state index contributed by atoms with van der Waals surface area (Å²) in [5.74, 6) is 0. The Morgan fingerprint density at radius 1 is 1.00 bits per heavy atom. The highest BCUT2D eigenvalue weighted by atomic mass is 15.2. The molecular formula is C15H26N2. The van der Waals surface area contributed by atoms with Crippen LogP contribution in [-0.4, -0.2) is 21.6 Å². The molecule has 2 heterocycles. The number of hydrogen-bond acceptors (Lipinski definition) is 1. The van der Waals surface area contributed by atoms with Crippen molar-refractivity contribution < 1.29 is 0 Å². The molecule has 2 heteroatoms. The summed E-state index contributed by atoms with van der Waals surface area (Å²) in [6.45, 7) is 17.1. The Hall–Kier alpha value is -0.760. The molecule has 0 fully saturated rings. The molecule has 96 valence electrons. The van der Waals surface area contributed by atoms with Gasteiger partial charge in [-0.25, -0.2) is 0 Å². The van der Waals surface area contributed by atoms with Crippen molar-refractivity contribution in [3.63, 3.8) is 0 Å². The molecule has 1 aliphatic heterocycles. The molecule has 0 radical (unpaired) electrons. The second kappa shape index (κ2) is 3.88. The van der Waals surface area contributed by atoms with Gasteiger partial charge in [0.1, 0.15) is 0 Å². The maximum absolute atomic E-state index is 2.56. The standard InChI is InChI=1S/C15H26N2/c1-14(2,3)12-9-13-11-17(15(4,5)6)8-7-16(13)10-12/h9-10H,7-8,11H2,1-6H3. The zero-order valence-corrected chi connectivity index (χ0v) is 12.2. The van der Waals surface area contributed by atoms with Crippen LogP contribution in [0, 0.1) is 0 Å². The second-order valence-corrected chi connectivity index (χ2v) is 7.26. The van der Waals surface area contributed by atoms with Crippen molar-refractivity contribution >= 4 is 0 Å². The van der Waals surface area contributed by atoms with Crippen LogP contribution in [-0.2, 0) is 18.5 Å². The molecular weight excluding hydrogens is 208 g/mol. The molecule has 1 aliphatic rings. The molecule has 2 rings (SSSR count). The Bertz CT molecular complexity index is 402. The van der Waals surface area contributed by atoms with E-state index in [0.717, 1.165) is 19.6 Å². The van der Waals surface area contributed by atoms with Gasteiger partial charge < -0.3 is 4.57 Å². The average molecular weight is 234 g/mol. The van der Waals surface area contributed by atoms with E-state index in [-0.39, 0.29) is 11.0 Å². The minimum atomic E-state index is 0.261. The van der Waals surface area contributed by atoms with Gasteiger partial charge in [0.05, 0.1) is 0 Å². The zero-order valence-electron chi connectivity index (χ0n) is 12.2. The quantitative estimate of drug-likeness (QED) is 0.668. The van der Waals surface area contributed by atoms with Crippen LogP contribution < -0.4 is 0 Å². The summed E-state index contributed by atoms with van der Waals surface area (Å²) < 4.78 is 2.43. The lowest BCUT2D eigenvalue weighted by Gasteiger charge is -2.38. The van der Waals surface area contributed by atoms with Crippen molar-refractivity contribution in [1.29, 1.82) is 0 Å². The van der Waals surface area contributed by atoms with E-state index in [1.165, 1.54) is 11.3 Å². The molecule has 0 aromatic carbocycles. The van der Waals surface area contributed by atoms with E-state index in [4.69, 9.17) is 0 Å². The molecule has 0 spiro atoms. The number of rotatable bonds is 0. The minimum absolute atomic E-state index is 0.261. The Labute approximate surface area is 106 Å². The summed E-state index contributed by atoms with van der Waals surface area (Å²) >= 11 is 0. The molecule has 1 aromatic heterocycles. The predicted molar refractivity (Wildman–Crippen MR) is 73.3 cm³/mol. The summed E-state index contributed by atoms with van der Waals surface area (Å²) in [6.07, 6.45) is 2.34. The van der Waals surface area contributed by atoms with Crippen LogP contribution in [0.3, 0.4) is 0 Å². The predicted octanol–water partition coefficient (Wildman–Crippen LogP) is 3.40. The van der Waals surface area contributed by atoms with Crippen molar-refractivity contribution in [2.24, 2.45) is 0 Å². The number of fused-ring (bicyclic) bond motifs is 1. The average Bonchev–Trinajstić information content (AvgIpc) is 2.57. The van der Waals surface area contributed by atoms with Crippen LogP contribution in [0.1, 0.15) is 52.8 Å². The lowest BCUT2D eigenvalue weighted by Crippen LogP contribution is -2.45. The van der Waals surface area contributed by atoms with Gasteiger partial charge in [-0.3, -0.25) is 4.90 Å². The fourth-order valence-electron chi connectivity index (χ4n) is 2.38. The van der Waals surface area contributed by atoms with Crippen molar-refractivity contribution in [3.8, 4) is 0 Å². The van der Waals surface area contributed by atoms with E-state index in [1.807, 2.05) is 0 Å². The normalized spacial score (nSPS) is 18.2. The van der Waals surface area contributed by atoms with Crippen LogP contribution in [0.25, 0.3) is 0 Å². The highest BCUT2D eigenvalue weighted by molar-refractivity contribution is 5.26. The van der Waals surface area contributed by atoms with Gasteiger partial charge in [-0.2, -0.15) is 0 Å². The number of hydrogen-bond donors (Lipinski definition) is 0.